The van der Waals surface area contributed by atoms with Gasteiger partial charge in [0.1, 0.15) is 36.6 Å². The minimum atomic E-state index is -1.67. The highest BCUT2D eigenvalue weighted by Crippen LogP contribution is 2.23. The lowest BCUT2D eigenvalue weighted by atomic mass is 9.98. The Kier molecular flexibility index (Phi) is 38.4. The summed E-state index contributed by atoms with van der Waals surface area (Å²) in [6.07, 6.45) is 36.2. The second-order valence-corrected chi connectivity index (χ2v) is 17.9. The summed E-state index contributed by atoms with van der Waals surface area (Å²) in [5.41, 5.74) is 0. The van der Waals surface area contributed by atoms with E-state index in [1.807, 2.05) is 0 Å². The lowest BCUT2D eigenvalue weighted by Crippen LogP contribution is -2.60. The maximum atomic E-state index is 13.1. The number of aliphatic hydroxyl groups excluding tert-OH is 7. The van der Waals surface area contributed by atoms with E-state index in [-0.39, 0.29) is 12.8 Å². The fourth-order valence-electron chi connectivity index (χ4n) is 7.92. The first-order valence-electron chi connectivity index (χ1n) is 25.4. The van der Waals surface area contributed by atoms with Gasteiger partial charge in [-0.3, -0.25) is 4.79 Å². The van der Waals surface area contributed by atoms with Crippen LogP contribution in [0.2, 0.25) is 0 Å². The number of carbonyl (C=O) groups excluding carboxylic acids is 1. The Morgan fingerprint density at radius 3 is 1.44 bits per heavy atom. The maximum Gasteiger partial charge on any atom is 0.249 e. The van der Waals surface area contributed by atoms with Gasteiger partial charge in [0, 0.05) is 0 Å². The Hall–Kier alpha value is -1.67. The van der Waals surface area contributed by atoms with Crippen molar-refractivity contribution in [3.05, 3.63) is 36.5 Å². The van der Waals surface area contributed by atoms with Crippen LogP contribution in [-0.4, -0.2) is 110 Å². The fourth-order valence-corrected chi connectivity index (χ4v) is 7.92. The number of allylic oxidation sites excluding steroid dienone is 6. The monoisotopic (exact) mass is 882 g/mol. The highest BCUT2D eigenvalue weighted by Gasteiger charge is 2.44. The number of hydrogen-bond donors (Lipinski definition) is 8. The molecular weight excluding hydrogens is 787 g/mol. The normalized spacial score (nSPS) is 21.6. The molecule has 8 N–H and O–H groups in total. The summed E-state index contributed by atoms with van der Waals surface area (Å²) < 4.78 is 11.1. The van der Waals surface area contributed by atoms with Gasteiger partial charge in [0.05, 0.1) is 25.4 Å². The molecule has 0 aromatic carbocycles. The van der Waals surface area contributed by atoms with Crippen molar-refractivity contribution in [3.8, 4) is 0 Å². The van der Waals surface area contributed by atoms with Gasteiger partial charge in [-0.15, -0.1) is 0 Å². The van der Waals surface area contributed by atoms with Crippen LogP contribution in [0, 0.1) is 0 Å². The van der Waals surface area contributed by atoms with Crippen LogP contribution >= 0.6 is 0 Å². The van der Waals surface area contributed by atoms with E-state index in [0.29, 0.717) is 19.3 Å². The Balaban J connectivity index is 2.43. The average molecular weight is 882 g/mol. The molecule has 1 saturated heterocycles. The van der Waals surface area contributed by atoms with E-state index in [9.17, 15) is 40.5 Å². The first-order chi connectivity index (χ1) is 30.2. The molecule has 1 amide bonds. The third-order valence-electron chi connectivity index (χ3n) is 12.1. The van der Waals surface area contributed by atoms with Crippen molar-refractivity contribution in [1.82, 2.24) is 5.32 Å². The van der Waals surface area contributed by atoms with Crippen LogP contribution in [0.25, 0.3) is 0 Å². The Morgan fingerprint density at radius 1 is 0.548 bits per heavy atom. The predicted octanol–water partition coefficient (Wildman–Crippen LogP) is 9.17. The van der Waals surface area contributed by atoms with Crippen LogP contribution in [-0.2, 0) is 14.3 Å². The zero-order chi connectivity index (χ0) is 45.5. The van der Waals surface area contributed by atoms with Crippen molar-refractivity contribution < 1.29 is 50.0 Å². The summed E-state index contributed by atoms with van der Waals surface area (Å²) >= 11 is 0. The topological polar surface area (TPSA) is 189 Å². The predicted molar refractivity (Wildman–Crippen MR) is 252 cm³/mol. The van der Waals surface area contributed by atoms with Crippen LogP contribution in [0.4, 0.5) is 0 Å². The molecule has 1 rings (SSSR count). The van der Waals surface area contributed by atoms with Crippen molar-refractivity contribution in [3.63, 3.8) is 0 Å². The molecule has 0 radical (unpaired) electrons. The molecule has 0 aromatic heterocycles. The molecule has 0 aliphatic carbocycles. The summed E-state index contributed by atoms with van der Waals surface area (Å²) in [5.74, 6) is -0.716. The first-order valence-corrected chi connectivity index (χ1v) is 25.4. The standard InChI is InChI=1S/C51H95NO10/c1-3-5-7-9-11-13-15-17-19-20-21-22-23-25-27-29-31-33-35-37-39-44(55)50(60)52-42(41-61-51-49(59)48(58)47(57)45(40-53)62-51)46(56)43(54)38-36-34-32-30-28-26-24-18-16-14-12-10-8-6-4-2/h18,22-24,30,32,42-49,51,53-59H,3-17,19-21,25-29,31,33-41H2,1-2H3,(H,52,60)/b23-22-,24-18+,32-30+. The van der Waals surface area contributed by atoms with E-state index in [1.54, 1.807) is 0 Å². The van der Waals surface area contributed by atoms with Crippen molar-refractivity contribution in [2.75, 3.05) is 13.2 Å². The smallest absolute Gasteiger partial charge is 0.249 e. The zero-order valence-corrected chi connectivity index (χ0v) is 39.4. The quantitative estimate of drug-likeness (QED) is 0.0217. The molecule has 9 atom stereocenters. The van der Waals surface area contributed by atoms with Gasteiger partial charge in [0.2, 0.25) is 5.91 Å². The number of aliphatic hydroxyl groups is 7. The second-order valence-electron chi connectivity index (χ2n) is 17.9. The minimum absolute atomic E-state index is 0.244. The number of carbonyl (C=O) groups is 1. The van der Waals surface area contributed by atoms with Gasteiger partial charge in [-0.05, 0) is 77.0 Å². The van der Waals surface area contributed by atoms with Crippen LogP contribution in [0.15, 0.2) is 36.5 Å². The molecule has 364 valence electrons. The SMILES string of the molecule is CCCCCCCC/C=C/CC/C=C/CCCC(O)C(O)C(COC1OC(CO)C(O)C(O)C1O)NC(=O)C(O)CCCCCCCC/C=C\CCCCCCCCCCCC. The highest BCUT2D eigenvalue weighted by atomic mass is 16.7. The molecule has 11 heteroatoms. The van der Waals surface area contributed by atoms with E-state index < -0.39 is 74.2 Å². The molecule has 11 nitrogen and oxygen atoms in total. The number of nitrogens with one attached hydrogen (secondary N) is 1. The van der Waals surface area contributed by atoms with E-state index >= 15 is 0 Å². The number of hydrogen-bond acceptors (Lipinski definition) is 10. The van der Waals surface area contributed by atoms with E-state index in [1.165, 1.54) is 109 Å². The van der Waals surface area contributed by atoms with Gasteiger partial charge < -0.3 is 50.5 Å². The molecule has 1 heterocycles. The average Bonchev–Trinajstić information content (AvgIpc) is 3.27. The molecule has 0 saturated carbocycles. The number of rotatable bonds is 42. The molecule has 9 unspecified atom stereocenters. The van der Waals surface area contributed by atoms with E-state index in [0.717, 1.165) is 57.8 Å². The Bertz CT molecular complexity index is 1100. The first kappa shape index (κ1) is 58.3. The van der Waals surface area contributed by atoms with Gasteiger partial charge in [-0.2, -0.15) is 0 Å². The Labute approximate surface area is 377 Å². The van der Waals surface area contributed by atoms with Gasteiger partial charge in [-0.1, -0.05) is 172 Å². The van der Waals surface area contributed by atoms with Gasteiger partial charge >= 0.3 is 0 Å². The molecule has 1 aliphatic heterocycles. The molecule has 1 fully saturated rings. The molecule has 62 heavy (non-hydrogen) atoms. The lowest BCUT2D eigenvalue weighted by molar-refractivity contribution is -0.303. The van der Waals surface area contributed by atoms with Crippen LogP contribution in [0.5, 0.6) is 0 Å². The van der Waals surface area contributed by atoms with E-state index in [4.69, 9.17) is 9.47 Å². The van der Waals surface area contributed by atoms with Crippen LogP contribution < -0.4 is 5.32 Å². The van der Waals surface area contributed by atoms with Gasteiger partial charge in [-0.25, -0.2) is 0 Å². The van der Waals surface area contributed by atoms with E-state index in [2.05, 4.69) is 55.6 Å². The molecular formula is C51H95NO10. The minimum Gasteiger partial charge on any atom is -0.394 e. The summed E-state index contributed by atoms with van der Waals surface area (Å²) in [7, 11) is 0. The summed E-state index contributed by atoms with van der Waals surface area (Å²) in [5, 5.41) is 75.8. The third-order valence-corrected chi connectivity index (χ3v) is 12.1. The molecule has 0 aromatic rings. The van der Waals surface area contributed by atoms with Crippen LogP contribution in [0.3, 0.4) is 0 Å². The van der Waals surface area contributed by atoms with Crippen molar-refractivity contribution in [2.45, 2.75) is 268 Å². The second kappa shape index (κ2) is 40.8. The number of amides is 1. The van der Waals surface area contributed by atoms with Crippen molar-refractivity contribution in [2.24, 2.45) is 0 Å². The number of ether oxygens (including phenoxy) is 2. The number of unbranched alkanes of at least 4 members (excludes halogenated alkanes) is 24. The largest absolute Gasteiger partial charge is 0.394 e. The van der Waals surface area contributed by atoms with Crippen LogP contribution in [0.1, 0.15) is 213 Å². The third kappa shape index (κ3) is 29.7. The van der Waals surface area contributed by atoms with Crippen molar-refractivity contribution >= 4 is 5.91 Å². The summed E-state index contributed by atoms with van der Waals surface area (Å²) in [6, 6.07) is -1.19. The summed E-state index contributed by atoms with van der Waals surface area (Å²) in [6.45, 7) is 3.41. The molecule has 0 bridgehead atoms. The van der Waals surface area contributed by atoms with Gasteiger partial charge in [0.15, 0.2) is 6.29 Å². The van der Waals surface area contributed by atoms with Crippen molar-refractivity contribution in [1.29, 1.82) is 0 Å². The fraction of sp³-hybridized carbons (Fsp3) is 0.863. The van der Waals surface area contributed by atoms with Gasteiger partial charge in [0.25, 0.3) is 0 Å². The summed E-state index contributed by atoms with van der Waals surface area (Å²) in [4.78, 5) is 13.1. The Morgan fingerprint density at radius 2 is 0.968 bits per heavy atom. The maximum absolute atomic E-state index is 13.1. The molecule has 1 aliphatic rings. The molecule has 0 spiro atoms. The lowest BCUT2D eigenvalue weighted by Gasteiger charge is -2.40. The zero-order valence-electron chi connectivity index (χ0n) is 39.4. The highest BCUT2D eigenvalue weighted by molar-refractivity contribution is 5.80.